The monoisotopic (exact) mass is 519 g/mol. The third-order valence-corrected chi connectivity index (χ3v) is 10.8. The van der Waals surface area contributed by atoms with Gasteiger partial charge in [0.15, 0.2) is 0 Å². The predicted octanol–water partition coefficient (Wildman–Crippen LogP) is 1.64. The van der Waals surface area contributed by atoms with Crippen molar-refractivity contribution < 1.29 is 16.8 Å². The van der Waals surface area contributed by atoms with Crippen molar-refractivity contribution >= 4 is 85.2 Å². The molecule has 2 aliphatic rings. The van der Waals surface area contributed by atoms with Crippen LogP contribution < -0.4 is 15.6 Å². The van der Waals surface area contributed by atoms with Crippen molar-refractivity contribution in [3.8, 4) is 0 Å². The van der Waals surface area contributed by atoms with Crippen LogP contribution in [-0.2, 0) is 26.6 Å². The first-order valence-electron chi connectivity index (χ1n) is 10.3. The van der Waals surface area contributed by atoms with Gasteiger partial charge in [-0.15, -0.1) is 0 Å². The molecule has 1 aliphatic heterocycles. The van der Waals surface area contributed by atoms with E-state index in [9.17, 15) is 16.8 Å². The number of fused-ring (bicyclic) bond motifs is 1. The molecular formula is C23H27N3Na2O4S2. The summed E-state index contributed by atoms with van der Waals surface area (Å²) in [7, 11) is -9.24. The van der Waals surface area contributed by atoms with Gasteiger partial charge in [0.05, 0.1) is 0 Å². The number of nitrogens with one attached hydrogen (secondary N) is 1. The summed E-state index contributed by atoms with van der Waals surface area (Å²) in [6.45, 7) is 2.45. The van der Waals surface area contributed by atoms with Crippen LogP contribution in [0.1, 0.15) is 36.1 Å². The first kappa shape index (κ1) is 29.9. The predicted molar refractivity (Wildman–Crippen MR) is 137 cm³/mol. The zero-order chi connectivity index (χ0) is 23.2. The molecule has 0 fully saturated rings. The quantitative estimate of drug-likeness (QED) is 0.408. The Morgan fingerprint density at radius 1 is 0.941 bits per heavy atom. The minimum absolute atomic E-state index is 0. The molecule has 0 amide bonds. The molecule has 0 saturated carbocycles. The summed E-state index contributed by atoms with van der Waals surface area (Å²) < 4.78 is 49.4. The summed E-state index contributed by atoms with van der Waals surface area (Å²) in [6.07, 6.45) is 6.47. The Hall–Kier alpha value is -0.300. The Morgan fingerprint density at radius 2 is 1.53 bits per heavy atom. The number of hydrogen-bond donors (Lipinski definition) is 3. The van der Waals surface area contributed by atoms with Gasteiger partial charge in [-0.3, -0.25) is 0 Å². The Labute approximate surface area is 246 Å². The van der Waals surface area contributed by atoms with E-state index in [2.05, 4.69) is 5.32 Å². The molecule has 2 aromatic rings. The molecule has 1 aliphatic carbocycles. The number of allylic oxidation sites excluding steroid dienone is 2. The molecule has 0 saturated heterocycles. The summed E-state index contributed by atoms with van der Waals surface area (Å²) in [5.41, 5.74) is 2.05. The fourth-order valence-electron chi connectivity index (χ4n) is 5.00. The third kappa shape index (κ3) is 5.35. The van der Waals surface area contributed by atoms with Gasteiger partial charge in [-0.1, -0.05) is 85.8 Å². The maximum Gasteiger partial charge on any atom is 0.231 e. The van der Waals surface area contributed by atoms with Crippen LogP contribution in [0.2, 0.25) is 0 Å². The third-order valence-electron chi connectivity index (χ3n) is 6.60. The number of benzene rings is 2. The second-order valence-corrected chi connectivity index (χ2v) is 12.6. The summed E-state index contributed by atoms with van der Waals surface area (Å²) in [5, 5.41) is 14.7. The van der Waals surface area contributed by atoms with Crippen LogP contribution in [0.25, 0.3) is 6.08 Å². The van der Waals surface area contributed by atoms with Crippen LogP contribution in [0.3, 0.4) is 0 Å². The molecule has 3 unspecified atom stereocenters. The van der Waals surface area contributed by atoms with E-state index in [4.69, 9.17) is 10.3 Å². The van der Waals surface area contributed by atoms with Crippen LogP contribution in [0.5, 0.6) is 0 Å². The SMILES string of the molecule is CC1(C2NCc3ccccc32)C=CC(C=Cc2ccccc2)C(S(N)(=O)=O)(S(N)(=O)=O)C1.[Na].[Na]. The van der Waals surface area contributed by atoms with Crippen molar-refractivity contribution in [2.24, 2.45) is 21.6 Å². The molecule has 4 rings (SSSR count). The average Bonchev–Trinajstić information content (AvgIpc) is 3.17. The number of sulfonamides is 2. The minimum atomic E-state index is -4.62. The molecule has 172 valence electrons. The van der Waals surface area contributed by atoms with Crippen molar-refractivity contribution in [1.29, 1.82) is 0 Å². The van der Waals surface area contributed by atoms with Crippen molar-refractivity contribution in [3.63, 3.8) is 0 Å². The zero-order valence-electron chi connectivity index (χ0n) is 19.7. The summed E-state index contributed by atoms with van der Waals surface area (Å²) in [5.74, 6) is -1.04. The van der Waals surface area contributed by atoms with E-state index in [-0.39, 0.29) is 71.6 Å². The van der Waals surface area contributed by atoms with Gasteiger partial charge in [0.1, 0.15) is 0 Å². The molecule has 2 aromatic carbocycles. The maximum absolute atomic E-state index is 13.0. The largest absolute Gasteiger partial charge is 0.305 e. The summed E-state index contributed by atoms with van der Waals surface area (Å²) in [4.78, 5) is 0. The molecule has 0 aromatic heterocycles. The fourth-order valence-corrected chi connectivity index (χ4v) is 8.39. The number of primary sulfonamides is 2. The van der Waals surface area contributed by atoms with Crippen LogP contribution in [0.15, 0.2) is 72.8 Å². The summed E-state index contributed by atoms with van der Waals surface area (Å²) in [6, 6.07) is 16.7. The van der Waals surface area contributed by atoms with E-state index in [1.165, 1.54) is 0 Å². The standard InChI is InChI=1S/C23H27N3O4S2.2Na/c1-22(21-20-10-6-5-9-18(20)15-26-21)14-13-19(12-11-17-7-3-2-4-8-17)23(16-22,31(24,27)28)32(25,29)30;;/h2-14,19,21,26H,15-16H2,1H3,(H2,24,27,28)(H2,25,29,30);;. The van der Waals surface area contributed by atoms with E-state index >= 15 is 0 Å². The molecule has 0 bridgehead atoms. The molecule has 0 spiro atoms. The van der Waals surface area contributed by atoms with E-state index in [0.29, 0.717) is 6.54 Å². The molecular weight excluding hydrogens is 492 g/mol. The minimum Gasteiger partial charge on any atom is -0.305 e. The molecule has 1 heterocycles. The zero-order valence-corrected chi connectivity index (χ0v) is 25.3. The van der Waals surface area contributed by atoms with Crippen molar-refractivity contribution in [3.05, 3.63) is 89.5 Å². The van der Waals surface area contributed by atoms with Crippen LogP contribution in [-0.4, -0.2) is 80.0 Å². The van der Waals surface area contributed by atoms with Crippen LogP contribution >= 0.6 is 0 Å². The first-order chi connectivity index (χ1) is 15.0. The van der Waals surface area contributed by atoms with Gasteiger partial charge in [-0.2, -0.15) is 0 Å². The van der Waals surface area contributed by atoms with Crippen molar-refractivity contribution in [1.82, 2.24) is 5.32 Å². The van der Waals surface area contributed by atoms with Gasteiger partial charge in [0, 0.05) is 83.0 Å². The smallest absolute Gasteiger partial charge is 0.231 e. The average molecular weight is 520 g/mol. The van der Waals surface area contributed by atoms with Crippen molar-refractivity contribution in [2.75, 3.05) is 0 Å². The molecule has 5 N–H and O–H groups in total. The Kier molecular flexibility index (Phi) is 9.67. The molecule has 34 heavy (non-hydrogen) atoms. The Balaban J connectivity index is 0.00000204. The van der Waals surface area contributed by atoms with Gasteiger partial charge in [0.2, 0.25) is 24.1 Å². The number of nitrogens with two attached hydrogens (primary N) is 2. The van der Waals surface area contributed by atoms with Gasteiger partial charge in [-0.05, 0) is 23.1 Å². The second-order valence-electron chi connectivity index (χ2n) is 8.75. The molecule has 2 radical (unpaired) electrons. The Bertz CT molecular complexity index is 1270. The normalized spacial score (nSPS) is 25.9. The summed E-state index contributed by atoms with van der Waals surface area (Å²) >= 11 is 0. The van der Waals surface area contributed by atoms with Crippen LogP contribution in [0, 0.1) is 11.3 Å². The molecule has 3 atom stereocenters. The number of hydrogen-bond acceptors (Lipinski definition) is 5. The van der Waals surface area contributed by atoms with Gasteiger partial charge < -0.3 is 5.32 Å². The molecule has 11 heteroatoms. The van der Waals surface area contributed by atoms with E-state index in [1.807, 2.05) is 67.6 Å². The van der Waals surface area contributed by atoms with Crippen LogP contribution in [0.4, 0.5) is 0 Å². The van der Waals surface area contributed by atoms with E-state index < -0.39 is 35.5 Å². The van der Waals surface area contributed by atoms with Crippen molar-refractivity contribution in [2.45, 2.75) is 30.0 Å². The maximum atomic E-state index is 13.0. The Morgan fingerprint density at radius 3 is 2.15 bits per heavy atom. The molecule has 7 nitrogen and oxygen atoms in total. The fraction of sp³-hybridized carbons (Fsp3) is 0.304. The topological polar surface area (TPSA) is 132 Å². The number of rotatable bonds is 5. The van der Waals surface area contributed by atoms with Gasteiger partial charge >= 0.3 is 0 Å². The van der Waals surface area contributed by atoms with Gasteiger partial charge in [0.25, 0.3) is 0 Å². The van der Waals surface area contributed by atoms with E-state index in [0.717, 1.165) is 16.7 Å². The van der Waals surface area contributed by atoms with Gasteiger partial charge in [-0.25, -0.2) is 27.1 Å². The second kappa shape index (κ2) is 11.0. The first-order valence-corrected chi connectivity index (χ1v) is 13.4. The van der Waals surface area contributed by atoms with E-state index in [1.54, 1.807) is 18.2 Å².